The molecule has 2 saturated heterocycles. The van der Waals surface area contributed by atoms with Gasteiger partial charge in [-0.15, -0.1) is 0 Å². The molecule has 2 N–H and O–H groups in total. The van der Waals surface area contributed by atoms with Crippen LogP contribution in [0.3, 0.4) is 0 Å². The highest BCUT2D eigenvalue weighted by Gasteiger charge is 2.41. The first-order chi connectivity index (χ1) is 15.0. The number of carbonyl (C=O) groups excluding carboxylic acids is 1. The van der Waals surface area contributed by atoms with Gasteiger partial charge >= 0.3 is 0 Å². The lowest BCUT2D eigenvalue weighted by molar-refractivity contribution is 0.0772. The molecule has 166 valence electrons. The maximum atomic E-state index is 13.3. The molecule has 0 bridgehead atoms. The second-order valence-corrected chi connectivity index (χ2v) is 9.16. The number of amides is 1. The van der Waals surface area contributed by atoms with Gasteiger partial charge in [-0.05, 0) is 74.4 Å². The molecule has 0 aromatic heterocycles. The molecule has 2 aromatic carbocycles. The third-order valence-corrected chi connectivity index (χ3v) is 6.86. The van der Waals surface area contributed by atoms with Gasteiger partial charge in [0.1, 0.15) is 5.75 Å². The number of aryl methyl sites for hydroxylation is 2. The monoisotopic (exact) mass is 421 g/mol. The average molecular weight is 422 g/mol. The summed E-state index contributed by atoms with van der Waals surface area (Å²) in [5.74, 6) is 2.15. The number of nitrogens with two attached hydrogens (primary N) is 1. The van der Waals surface area contributed by atoms with E-state index in [1.165, 1.54) is 5.56 Å². The molecule has 3 atom stereocenters. The summed E-state index contributed by atoms with van der Waals surface area (Å²) in [7, 11) is 0. The Labute approximate surface area is 186 Å². The van der Waals surface area contributed by atoms with Crippen molar-refractivity contribution in [1.82, 2.24) is 9.80 Å². The van der Waals surface area contributed by atoms with Crippen LogP contribution in [0, 0.1) is 25.7 Å². The van der Waals surface area contributed by atoms with Crippen LogP contribution in [-0.2, 0) is 0 Å². The molecule has 2 heterocycles. The fourth-order valence-corrected chi connectivity index (χ4v) is 5.30. The van der Waals surface area contributed by atoms with E-state index in [2.05, 4.69) is 34.1 Å². The third kappa shape index (κ3) is 4.78. The minimum Gasteiger partial charge on any atom is -0.494 e. The molecule has 1 amide bonds. The molecule has 2 aliphatic rings. The van der Waals surface area contributed by atoms with Crippen molar-refractivity contribution in [1.29, 1.82) is 0 Å². The molecule has 0 aliphatic carbocycles. The van der Waals surface area contributed by atoms with Gasteiger partial charge in [0.15, 0.2) is 0 Å². The predicted octanol–water partition coefficient (Wildman–Crippen LogP) is 3.80. The summed E-state index contributed by atoms with van der Waals surface area (Å²) in [6.07, 6.45) is 0.969. The van der Waals surface area contributed by atoms with Crippen LogP contribution in [0.25, 0.3) is 0 Å². The van der Waals surface area contributed by atoms with Crippen molar-refractivity contribution < 1.29 is 9.53 Å². The van der Waals surface area contributed by atoms with Crippen LogP contribution >= 0.6 is 0 Å². The van der Waals surface area contributed by atoms with Gasteiger partial charge in [0.05, 0.1) is 6.61 Å². The van der Waals surface area contributed by atoms with E-state index in [1.54, 1.807) is 0 Å². The molecular formula is C26H35N3O2. The van der Waals surface area contributed by atoms with Crippen LogP contribution in [0.5, 0.6) is 5.75 Å². The van der Waals surface area contributed by atoms with E-state index in [4.69, 9.17) is 10.5 Å². The first-order valence-electron chi connectivity index (χ1n) is 11.5. The zero-order valence-corrected chi connectivity index (χ0v) is 19.0. The Morgan fingerprint density at radius 2 is 1.68 bits per heavy atom. The van der Waals surface area contributed by atoms with E-state index < -0.39 is 0 Å². The lowest BCUT2D eigenvalue weighted by Crippen LogP contribution is -2.34. The zero-order chi connectivity index (χ0) is 22.0. The average Bonchev–Trinajstić information content (AvgIpc) is 3.31. The maximum Gasteiger partial charge on any atom is 0.254 e. The topological polar surface area (TPSA) is 58.8 Å². The van der Waals surface area contributed by atoms with Crippen LogP contribution < -0.4 is 10.5 Å². The molecule has 2 aliphatic heterocycles. The standard InChI is InChI=1S/C26H35N3O2/c1-4-31-23-12-18(2)25(19(3)13-23)26(30)29-16-21-14-28(15-22(21)17-29)11-10-24(27)20-8-6-5-7-9-20/h5-9,12-13,21-22,24H,4,10-11,14-17,27H2,1-3H3/t21?,22?,24-/m0/s1. The fraction of sp³-hybridized carbons (Fsp3) is 0.500. The van der Waals surface area contributed by atoms with E-state index in [-0.39, 0.29) is 11.9 Å². The van der Waals surface area contributed by atoms with Gasteiger partial charge in [-0.25, -0.2) is 0 Å². The van der Waals surface area contributed by atoms with E-state index in [0.29, 0.717) is 18.4 Å². The number of ether oxygens (including phenoxy) is 1. The third-order valence-electron chi connectivity index (χ3n) is 6.86. The van der Waals surface area contributed by atoms with Crippen LogP contribution in [-0.4, -0.2) is 55.0 Å². The van der Waals surface area contributed by atoms with Crippen LogP contribution in [0.1, 0.15) is 46.4 Å². The highest BCUT2D eigenvalue weighted by molar-refractivity contribution is 5.97. The summed E-state index contributed by atoms with van der Waals surface area (Å²) in [6, 6.07) is 14.4. The first-order valence-corrected chi connectivity index (χ1v) is 11.5. The summed E-state index contributed by atoms with van der Waals surface area (Å²) >= 11 is 0. The summed E-state index contributed by atoms with van der Waals surface area (Å²) in [4.78, 5) is 17.9. The first kappa shape index (κ1) is 21.8. The van der Waals surface area contributed by atoms with Crippen molar-refractivity contribution in [3.63, 3.8) is 0 Å². The lowest BCUT2D eigenvalue weighted by Gasteiger charge is -2.24. The molecule has 31 heavy (non-hydrogen) atoms. The Morgan fingerprint density at radius 3 is 2.26 bits per heavy atom. The number of benzene rings is 2. The van der Waals surface area contributed by atoms with E-state index in [9.17, 15) is 4.79 Å². The zero-order valence-electron chi connectivity index (χ0n) is 19.0. The quantitative estimate of drug-likeness (QED) is 0.739. The largest absolute Gasteiger partial charge is 0.494 e. The molecule has 5 heteroatoms. The minimum absolute atomic E-state index is 0.0883. The second-order valence-electron chi connectivity index (χ2n) is 9.16. The molecule has 0 radical (unpaired) electrons. The van der Waals surface area contributed by atoms with Gasteiger partial charge in [-0.3, -0.25) is 4.79 Å². The summed E-state index contributed by atoms with van der Waals surface area (Å²) in [6.45, 7) is 11.5. The molecule has 2 aromatic rings. The van der Waals surface area contributed by atoms with Crippen molar-refractivity contribution in [3.8, 4) is 5.75 Å². The van der Waals surface area contributed by atoms with E-state index in [0.717, 1.165) is 61.6 Å². The van der Waals surface area contributed by atoms with Crippen molar-refractivity contribution in [3.05, 3.63) is 64.7 Å². The van der Waals surface area contributed by atoms with Crippen LogP contribution in [0.2, 0.25) is 0 Å². The van der Waals surface area contributed by atoms with E-state index in [1.807, 2.05) is 39.0 Å². The second kappa shape index (κ2) is 9.41. The maximum absolute atomic E-state index is 13.3. The molecule has 2 fully saturated rings. The van der Waals surface area contributed by atoms with Gasteiger partial charge in [0, 0.05) is 37.8 Å². The van der Waals surface area contributed by atoms with Gasteiger partial charge < -0.3 is 20.3 Å². The summed E-state index contributed by atoms with van der Waals surface area (Å²) < 4.78 is 5.63. The molecular weight excluding hydrogens is 386 g/mol. The van der Waals surface area contributed by atoms with Crippen molar-refractivity contribution in [2.75, 3.05) is 39.3 Å². The number of carbonyl (C=O) groups is 1. The molecule has 4 rings (SSSR count). The van der Waals surface area contributed by atoms with Crippen molar-refractivity contribution >= 4 is 5.91 Å². The molecule has 0 spiro atoms. The number of likely N-dealkylation sites (tertiary alicyclic amines) is 2. The smallest absolute Gasteiger partial charge is 0.254 e. The Hall–Kier alpha value is -2.37. The fourth-order valence-electron chi connectivity index (χ4n) is 5.30. The minimum atomic E-state index is 0.0883. The molecule has 0 saturated carbocycles. The SMILES string of the molecule is CCOc1cc(C)c(C(=O)N2CC3CN(CC[C@H](N)c4ccccc4)CC3C2)c(C)c1. The Balaban J connectivity index is 1.32. The lowest BCUT2D eigenvalue weighted by atomic mass is 10.0. The number of hydrogen-bond donors (Lipinski definition) is 1. The number of hydrogen-bond acceptors (Lipinski definition) is 4. The van der Waals surface area contributed by atoms with Gasteiger partial charge in [-0.2, -0.15) is 0 Å². The van der Waals surface area contributed by atoms with Gasteiger partial charge in [0.2, 0.25) is 0 Å². The Morgan fingerprint density at radius 1 is 1.06 bits per heavy atom. The van der Waals surface area contributed by atoms with E-state index >= 15 is 0 Å². The number of rotatable bonds is 7. The van der Waals surface area contributed by atoms with Gasteiger partial charge in [0.25, 0.3) is 5.91 Å². The predicted molar refractivity (Wildman–Crippen MR) is 124 cm³/mol. The highest BCUT2D eigenvalue weighted by atomic mass is 16.5. The van der Waals surface area contributed by atoms with Crippen LogP contribution in [0.15, 0.2) is 42.5 Å². The van der Waals surface area contributed by atoms with Crippen LogP contribution in [0.4, 0.5) is 0 Å². The van der Waals surface area contributed by atoms with Crippen molar-refractivity contribution in [2.45, 2.75) is 33.2 Å². The molecule has 2 unspecified atom stereocenters. The Kier molecular flexibility index (Phi) is 6.63. The number of nitrogens with zero attached hydrogens (tertiary/aromatic N) is 2. The summed E-state index contributed by atoms with van der Waals surface area (Å²) in [5.41, 5.74) is 10.4. The number of fused-ring (bicyclic) bond motifs is 1. The summed E-state index contributed by atoms with van der Waals surface area (Å²) in [5, 5.41) is 0. The Bertz CT molecular complexity index is 877. The molecule has 5 nitrogen and oxygen atoms in total. The highest BCUT2D eigenvalue weighted by Crippen LogP contribution is 2.33. The normalized spacial score (nSPS) is 21.9. The van der Waals surface area contributed by atoms with Crippen molar-refractivity contribution in [2.24, 2.45) is 17.6 Å². The van der Waals surface area contributed by atoms with Gasteiger partial charge in [-0.1, -0.05) is 30.3 Å².